The maximum absolute atomic E-state index is 11.8. The zero-order valence-electron chi connectivity index (χ0n) is 9.56. The first kappa shape index (κ1) is 11.8. The van der Waals surface area contributed by atoms with Crippen molar-refractivity contribution < 1.29 is 19.7 Å². The second kappa shape index (κ2) is 5.08. The van der Waals surface area contributed by atoms with Crippen LogP contribution < -0.4 is 0 Å². The highest BCUT2D eigenvalue weighted by Crippen LogP contribution is 2.30. The van der Waals surface area contributed by atoms with Crippen LogP contribution in [-0.4, -0.2) is 22.3 Å². The maximum atomic E-state index is 11.8. The summed E-state index contributed by atoms with van der Waals surface area (Å²) in [6, 6.07) is 4.28. The van der Waals surface area contributed by atoms with E-state index in [1.54, 1.807) is 0 Å². The van der Waals surface area contributed by atoms with E-state index in [0.717, 1.165) is 25.7 Å². The molecule has 0 heterocycles. The fourth-order valence-electron chi connectivity index (χ4n) is 2.09. The highest BCUT2D eigenvalue weighted by atomic mass is 16.5. The van der Waals surface area contributed by atoms with E-state index < -0.39 is 11.7 Å². The quantitative estimate of drug-likeness (QED) is 0.611. The van der Waals surface area contributed by atoms with Gasteiger partial charge in [-0.15, -0.1) is 0 Å². The third-order valence-electron chi connectivity index (χ3n) is 3.06. The molecule has 0 bridgehead atoms. The molecule has 4 heteroatoms. The number of phenols is 2. The number of benzene rings is 1. The van der Waals surface area contributed by atoms with Gasteiger partial charge in [0.15, 0.2) is 11.5 Å². The van der Waals surface area contributed by atoms with Gasteiger partial charge in [0.25, 0.3) is 0 Å². The van der Waals surface area contributed by atoms with Crippen LogP contribution in [0.2, 0.25) is 0 Å². The number of carbonyl (C=O) groups is 1. The molecule has 4 nitrogen and oxygen atoms in total. The molecule has 0 saturated heterocycles. The number of ether oxygens (including phenoxy) is 1. The first-order valence-electron chi connectivity index (χ1n) is 5.90. The molecular weight excluding hydrogens is 220 g/mol. The molecule has 0 atom stereocenters. The molecule has 1 aliphatic rings. The van der Waals surface area contributed by atoms with Gasteiger partial charge in [0.2, 0.25) is 0 Å². The molecule has 1 saturated carbocycles. The van der Waals surface area contributed by atoms with Crippen LogP contribution in [0.3, 0.4) is 0 Å². The monoisotopic (exact) mass is 236 g/mol. The second-order valence-corrected chi connectivity index (χ2v) is 4.34. The number of aromatic hydroxyl groups is 2. The minimum Gasteiger partial charge on any atom is -0.504 e. The summed E-state index contributed by atoms with van der Waals surface area (Å²) in [5.74, 6) is -1.28. The summed E-state index contributed by atoms with van der Waals surface area (Å²) < 4.78 is 5.30. The molecule has 0 amide bonds. The summed E-state index contributed by atoms with van der Waals surface area (Å²) >= 11 is 0. The molecule has 0 radical (unpaired) electrons. The predicted molar refractivity (Wildman–Crippen MR) is 62.1 cm³/mol. The fourth-order valence-corrected chi connectivity index (χ4v) is 2.09. The molecule has 0 unspecified atom stereocenters. The Balaban J connectivity index is 2.06. The summed E-state index contributed by atoms with van der Waals surface area (Å²) in [5, 5.41) is 18.8. The Morgan fingerprint density at radius 1 is 1.18 bits per heavy atom. The van der Waals surface area contributed by atoms with Crippen LogP contribution >= 0.6 is 0 Å². The molecule has 1 aromatic carbocycles. The lowest BCUT2D eigenvalue weighted by Crippen LogP contribution is -2.20. The van der Waals surface area contributed by atoms with Gasteiger partial charge in [0, 0.05) is 0 Å². The van der Waals surface area contributed by atoms with E-state index in [1.807, 2.05) is 0 Å². The van der Waals surface area contributed by atoms with Crippen LogP contribution in [0.1, 0.15) is 42.5 Å². The van der Waals surface area contributed by atoms with Crippen molar-refractivity contribution in [3.63, 3.8) is 0 Å². The van der Waals surface area contributed by atoms with E-state index >= 15 is 0 Å². The lowest BCUT2D eigenvalue weighted by Gasteiger charge is -2.21. The average Bonchev–Trinajstić information content (AvgIpc) is 2.34. The molecule has 0 aromatic heterocycles. The van der Waals surface area contributed by atoms with Gasteiger partial charge >= 0.3 is 5.97 Å². The summed E-state index contributed by atoms with van der Waals surface area (Å²) in [5.41, 5.74) is 0.0237. The Morgan fingerprint density at radius 2 is 1.88 bits per heavy atom. The molecule has 2 rings (SSSR count). The first-order chi connectivity index (χ1) is 8.18. The Kier molecular flexibility index (Phi) is 3.52. The third kappa shape index (κ3) is 2.70. The highest BCUT2D eigenvalue weighted by Gasteiger charge is 2.21. The Labute approximate surface area is 99.8 Å². The highest BCUT2D eigenvalue weighted by molar-refractivity contribution is 5.93. The van der Waals surface area contributed by atoms with E-state index in [2.05, 4.69) is 0 Å². The van der Waals surface area contributed by atoms with Gasteiger partial charge < -0.3 is 14.9 Å². The van der Waals surface area contributed by atoms with E-state index in [0.29, 0.717) is 0 Å². The van der Waals surface area contributed by atoms with Crippen LogP contribution in [0.4, 0.5) is 0 Å². The van der Waals surface area contributed by atoms with Gasteiger partial charge in [-0.1, -0.05) is 12.5 Å². The van der Waals surface area contributed by atoms with E-state index in [4.69, 9.17) is 4.74 Å². The van der Waals surface area contributed by atoms with Crippen LogP contribution in [-0.2, 0) is 4.74 Å². The fraction of sp³-hybridized carbons (Fsp3) is 0.462. The number of hydrogen-bond donors (Lipinski definition) is 2. The average molecular weight is 236 g/mol. The van der Waals surface area contributed by atoms with Crippen molar-refractivity contribution in [1.82, 2.24) is 0 Å². The van der Waals surface area contributed by atoms with Crippen LogP contribution in [0.15, 0.2) is 18.2 Å². The van der Waals surface area contributed by atoms with Crippen molar-refractivity contribution in [2.75, 3.05) is 0 Å². The molecule has 1 aliphatic carbocycles. The van der Waals surface area contributed by atoms with Crippen LogP contribution in [0.25, 0.3) is 0 Å². The zero-order valence-corrected chi connectivity index (χ0v) is 9.56. The number of para-hydroxylation sites is 1. The van der Waals surface area contributed by atoms with Crippen LogP contribution in [0.5, 0.6) is 11.5 Å². The molecule has 2 N–H and O–H groups in total. The van der Waals surface area contributed by atoms with Crippen molar-refractivity contribution in [2.45, 2.75) is 38.2 Å². The smallest absolute Gasteiger partial charge is 0.342 e. The lowest BCUT2D eigenvalue weighted by atomic mass is 9.98. The molecule has 0 spiro atoms. The van der Waals surface area contributed by atoms with E-state index in [-0.39, 0.29) is 17.4 Å². The summed E-state index contributed by atoms with van der Waals surface area (Å²) in [6.45, 7) is 0. The van der Waals surface area contributed by atoms with E-state index in [9.17, 15) is 15.0 Å². The van der Waals surface area contributed by atoms with Crippen molar-refractivity contribution >= 4 is 5.97 Å². The van der Waals surface area contributed by atoms with Crippen molar-refractivity contribution in [3.8, 4) is 11.5 Å². The van der Waals surface area contributed by atoms with Crippen LogP contribution in [0, 0.1) is 0 Å². The predicted octanol–water partition coefficient (Wildman–Crippen LogP) is 2.59. The van der Waals surface area contributed by atoms with Gasteiger partial charge in [-0.25, -0.2) is 4.79 Å². The molecule has 17 heavy (non-hydrogen) atoms. The van der Waals surface area contributed by atoms with Gasteiger partial charge in [-0.05, 0) is 37.8 Å². The third-order valence-corrected chi connectivity index (χ3v) is 3.06. The van der Waals surface area contributed by atoms with Gasteiger partial charge in [-0.3, -0.25) is 0 Å². The molecule has 1 fully saturated rings. The van der Waals surface area contributed by atoms with Crippen molar-refractivity contribution in [1.29, 1.82) is 0 Å². The minimum atomic E-state index is -0.565. The topological polar surface area (TPSA) is 66.8 Å². The van der Waals surface area contributed by atoms with Gasteiger partial charge in [-0.2, -0.15) is 0 Å². The number of carbonyl (C=O) groups excluding carboxylic acids is 1. The summed E-state index contributed by atoms with van der Waals surface area (Å²) in [7, 11) is 0. The standard InChI is InChI=1S/C13H16O4/c14-11-8-4-7-10(12(11)15)13(16)17-9-5-2-1-3-6-9/h4,7-9,14-15H,1-3,5-6H2. The Bertz CT molecular complexity index is 408. The Morgan fingerprint density at radius 3 is 2.59 bits per heavy atom. The summed E-state index contributed by atoms with van der Waals surface area (Å²) in [6.07, 6.45) is 5.04. The van der Waals surface area contributed by atoms with E-state index in [1.165, 1.54) is 24.6 Å². The number of rotatable bonds is 2. The number of hydrogen-bond acceptors (Lipinski definition) is 4. The second-order valence-electron chi connectivity index (χ2n) is 4.34. The Hall–Kier alpha value is -1.71. The molecule has 0 aliphatic heterocycles. The number of phenolic OH excluding ortho intramolecular Hbond substituents is 2. The zero-order chi connectivity index (χ0) is 12.3. The minimum absolute atomic E-state index is 0.0237. The maximum Gasteiger partial charge on any atom is 0.342 e. The summed E-state index contributed by atoms with van der Waals surface area (Å²) in [4.78, 5) is 11.8. The lowest BCUT2D eigenvalue weighted by molar-refractivity contribution is 0.0207. The van der Waals surface area contributed by atoms with Gasteiger partial charge in [0.1, 0.15) is 11.7 Å². The SMILES string of the molecule is O=C(OC1CCCCC1)c1cccc(O)c1O. The van der Waals surface area contributed by atoms with Gasteiger partial charge in [0.05, 0.1) is 0 Å². The normalized spacial score (nSPS) is 16.7. The molecule has 1 aromatic rings. The number of esters is 1. The molecular formula is C13H16O4. The largest absolute Gasteiger partial charge is 0.504 e. The first-order valence-corrected chi connectivity index (χ1v) is 5.90. The van der Waals surface area contributed by atoms with Crippen molar-refractivity contribution in [3.05, 3.63) is 23.8 Å². The van der Waals surface area contributed by atoms with Crippen molar-refractivity contribution in [2.24, 2.45) is 0 Å². The molecule has 92 valence electrons.